The molecular formula is C22H21FN2O7S. The number of fused-ring (bicyclic) bond motifs is 1. The highest BCUT2D eigenvalue weighted by Gasteiger charge is 2.33. The van der Waals surface area contributed by atoms with Crippen LogP contribution in [0, 0.1) is 11.7 Å². The van der Waals surface area contributed by atoms with Crippen molar-refractivity contribution in [3.63, 3.8) is 0 Å². The molecule has 0 unspecified atom stereocenters. The van der Waals surface area contributed by atoms with Gasteiger partial charge in [-0.3, -0.25) is 14.4 Å². The van der Waals surface area contributed by atoms with E-state index in [1.165, 1.54) is 28.6 Å². The van der Waals surface area contributed by atoms with Gasteiger partial charge in [0.1, 0.15) is 11.6 Å². The topological polar surface area (TPSA) is 119 Å². The Bertz CT molecular complexity index is 1190. The number of ketones is 1. The van der Waals surface area contributed by atoms with Crippen LogP contribution in [0.25, 0.3) is 0 Å². The zero-order valence-corrected chi connectivity index (χ0v) is 18.3. The Morgan fingerprint density at radius 2 is 1.82 bits per heavy atom. The van der Waals surface area contributed by atoms with Crippen molar-refractivity contribution in [1.29, 1.82) is 0 Å². The fourth-order valence-corrected chi connectivity index (χ4v) is 5.15. The Balaban J connectivity index is 1.30. The normalized spacial score (nSPS) is 16.9. The van der Waals surface area contributed by atoms with Gasteiger partial charge in [0.15, 0.2) is 19.0 Å². The first-order chi connectivity index (χ1) is 15.7. The molecule has 0 atom stereocenters. The summed E-state index contributed by atoms with van der Waals surface area (Å²) in [6.07, 6.45) is 0.491. The van der Waals surface area contributed by atoms with Crippen LogP contribution in [0.5, 0.6) is 5.75 Å². The number of nitrogens with zero attached hydrogens (tertiary/aromatic N) is 1. The maximum Gasteiger partial charge on any atom is 0.309 e. The molecule has 2 aromatic carbocycles. The molecule has 33 heavy (non-hydrogen) atoms. The van der Waals surface area contributed by atoms with Gasteiger partial charge in [-0.15, -0.1) is 0 Å². The van der Waals surface area contributed by atoms with Crippen LogP contribution in [0.4, 0.5) is 10.1 Å². The van der Waals surface area contributed by atoms with Crippen LogP contribution >= 0.6 is 0 Å². The molecule has 0 radical (unpaired) electrons. The number of carbonyl (C=O) groups excluding carboxylic acids is 3. The molecule has 11 heteroatoms. The predicted molar refractivity (Wildman–Crippen MR) is 114 cm³/mol. The van der Waals surface area contributed by atoms with Gasteiger partial charge in [-0.05, 0) is 55.3 Å². The van der Waals surface area contributed by atoms with Crippen LogP contribution in [0.3, 0.4) is 0 Å². The lowest BCUT2D eigenvalue weighted by molar-refractivity contribution is -0.148. The molecule has 2 aliphatic heterocycles. The van der Waals surface area contributed by atoms with Crippen LogP contribution in [-0.2, 0) is 24.3 Å². The van der Waals surface area contributed by atoms with Gasteiger partial charge >= 0.3 is 5.97 Å². The SMILES string of the molecule is O=C1COc2ccc(C(=O)COC(=O)C3CCN(S(=O)(=O)c4ccc(F)cc4)CC3)cc2N1. The number of hydrogen-bond donors (Lipinski definition) is 1. The van der Waals surface area contributed by atoms with E-state index in [1.54, 1.807) is 6.07 Å². The third-order valence-corrected chi connectivity index (χ3v) is 7.43. The van der Waals surface area contributed by atoms with E-state index in [9.17, 15) is 27.2 Å². The van der Waals surface area contributed by atoms with Crippen molar-refractivity contribution in [3.05, 3.63) is 53.8 Å². The number of anilines is 1. The number of nitrogens with one attached hydrogen (secondary N) is 1. The van der Waals surface area contributed by atoms with E-state index < -0.39 is 40.1 Å². The summed E-state index contributed by atoms with van der Waals surface area (Å²) in [5, 5.41) is 2.61. The van der Waals surface area contributed by atoms with Crippen molar-refractivity contribution in [1.82, 2.24) is 4.31 Å². The minimum Gasteiger partial charge on any atom is -0.482 e. The standard InChI is InChI=1S/C22H21FN2O7S/c23-16-2-4-17(5-3-16)33(29,30)25-9-7-14(8-10-25)22(28)32-12-19(26)15-1-6-20-18(11-15)24-21(27)13-31-20/h1-6,11,14H,7-10,12-13H2,(H,24,27). The monoisotopic (exact) mass is 476 g/mol. The molecule has 2 heterocycles. The quantitative estimate of drug-likeness (QED) is 0.500. The number of carbonyl (C=O) groups is 3. The molecule has 0 bridgehead atoms. The highest BCUT2D eigenvalue weighted by molar-refractivity contribution is 7.89. The second-order valence-electron chi connectivity index (χ2n) is 7.71. The van der Waals surface area contributed by atoms with Crippen molar-refractivity contribution < 1.29 is 36.7 Å². The van der Waals surface area contributed by atoms with Crippen LogP contribution in [0.1, 0.15) is 23.2 Å². The van der Waals surface area contributed by atoms with E-state index in [4.69, 9.17) is 9.47 Å². The number of rotatable bonds is 6. The van der Waals surface area contributed by atoms with Gasteiger partial charge < -0.3 is 14.8 Å². The molecule has 1 saturated heterocycles. The fraction of sp³-hybridized carbons (Fsp3) is 0.318. The average Bonchev–Trinajstić information content (AvgIpc) is 2.82. The Morgan fingerprint density at radius 1 is 1.12 bits per heavy atom. The lowest BCUT2D eigenvalue weighted by Gasteiger charge is -2.30. The molecule has 0 aliphatic carbocycles. The molecule has 9 nitrogen and oxygen atoms in total. The van der Waals surface area contributed by atoms with Crippen LogP contribution in [0.2, 0.25) is 0 Å². The molecule has 4 rings (SSSR count). The van der Waals surface area contributed by atoms with Crippen molar-refractivity contribution >= 4 is 33.4 Å². The van der Waals surface area contributed by atoms with E-state index in [1.807, 2.05) is 0 Å². The highest BCUT2D eigenvalue weighted by atomic mass is 32.2. The number of benzene rings is 2. The first-order valence-electron chi connectivity index (χ1n) is 10.3. The fourth-order valence-electron chi connectivity index (χ4n) is 3.68. The van der Waals surface area contributed by atoms with E-state index in [2.05, 4.69) is 5.32 Å². The summed E-state index contributed by atoms with van der Waals surface area (Å²) >= 11 is 0. The Morgan fingerprint density at radius 3 is 2.52 bits per heavy atom. The predicted octanol–water partition coefficient (Wildman–Crippen LogP) is 1.98. The Kier molecular flexibility index (Phi) is 6.43. The van der Waals surface area contributed by atoms with Crippen molar-refractivity contribution in [3.8, 4) is 5.75 Å². The number of halogens is 1. The van der Waals surface area contributed by atoms with Gasteiger partial charge in [-0.2, -0.15) is 4.31 Å². The zero-order chi connectivity index (χ0) is 23.6. The van der Waals surface area contributed by atoms with Gasteiger partial charge in [-0.25, -0.2) is 12.8 Å². The summed E-state index contributed by atoms with van der Waals surface area (Å²) in [6.45, 7) is -0.349. The van der Waals surface area contributed by atoms with Crippen LogP contribution < -0.4 is 10.1 Å². The number of piperidine rings is 1. The van der Waals surface area contributed by atoms with Gasteiger partial charge in [0.05, 0.1) is 16.5 Å². The van der Waals surface area contributed by atoms with E-state index in [0.717, 1.165) is 12.1 Å². The summed E-state index contributed by atoms with van der Waals surface area (Å²) in [6, 6.07) is 9.10. The zero-order valence-electron chi connectivity index (χ0n) is 17.5. The van der Waals surface area contributed by atoms with E-state index >= 15 is 0 Å². The molecule has 1 amide bonds. The second-order valence-corrected chi connectivity index (χ2v) is 9.65. The molecular weight excluding hydrogens is 455 g/mol. The highest BCUT2D eigenvalue weighted by Crippen LogP contribution is 2.29. The number of ether oxygens (including phenoxy) is 2. The molecule has 174 valence electrons. The van der Waals surface area contributed by atoms with Crippen molar-refractivity contribution in [2.75, 3.05) is 31.6 Å². The number of esters is 1. The second kappa shape index (κ2) is 9.28. The minimum atomic E-state index is -3.78. The first-order valence-corrected chi connectivity index (χ1v) is 11.7. The maximum atomic E-state index is 13.1. The van der Waals surface area contributed by atoms with Crippen molar-refractivity contribution in [2.24, 2.45) is 5.92 Å². The van der Waals surface area contributed by atoms with Gasteiger partial charge in [0.2, 0.25) is 10.0 Å². The van der Waals surface area contributed by atoms with Crippen molar-refractivity contribution in [2.45, 2.75) is 17.7 Å². The third kappa shape index (κ3) is 5.04. The van der Waals surface area contributed by atoms with Gasteiger partial charge in [0.25, 0.3) is 5.91 Å². The number of amides is 1. The van der Waals surface area contributed by atoms with Gasteiger partial charge in [-0.1, -0.05) is 0 Å². The third-order valence-electron chi connectivity index (χ3n) is 5.52. The smallest absolute Gasteiger partial charge is 0.309 e. The van der Waals surface area contributed by atoms with Crippen LogP contribution in [0.15, 0.2) is 47.4 Å². The number of hydrogen-bond acceptors (Lipinski definition) is 7. The number of sulfonamides is 1. The van der Waals surface area contributed by atoms with E-state index in [0.29, 0.717) is 11.4 Å². The molecule has 1 fully saturated rings. The summed E-state index contributed by atoms with van der Waals surface area (Å²) in [7, 11) is -3.78. The Hall–Kier alpha value is -3.31. The van der Waals surface area contributed by atoms with E-state index in [-0.39, 0.29) is 48.9 Å². The summed E-state index contributed by atoms with van der Waals surface area (Å²) in [5.74, 6) is -1.96. The lowest BCUT2D eigenvalue weighted by Crippen LogP contribution is -2.40. The molecule has 0 aromatic heterocycles. The number of Topliss-reactive ketones (excluding diaryl/α,β-unsaturated/α-hetero) is 1. The lowest BCUT2D eigenvalue weighted by atomic mass is 9.98. The maximum absolute atomic E-state index is 13.1. The summed E-state index contributed by atoms with van der Waals surface area (Å²) in [4.78, 5) is 36.2. The van der Waals surface area contributed by atoms with Crippen LogP contribution in [-0.4, -0.2) is 56.7 Å². The molecule has 2 aliphatic rings. The van der Waals surface area contributed by atoms with Gasteiger partial charge in [0, 0.05) is 18.7 Å². The molecule has 2 aromatic rings. The minimum absolute atomic E-state index is 0.0119. The largest absolute Gasteiger partial charge is 0.482 e. The average molecular weight is 476 g/mol. The first kappa shape index (κ1) is 22.9. The summed E-state index contributed by atoms with van der Waals surface area (Å²) in [5.41, 5.74) is 0.630. The molecule has 0 saturated carbocycles. The Labute approximate surface area is 189 Å². The summed E-state index contributed by atoms with van der Waals surface area (Å²) < 4.78 is 50.1. The molecule has 1 N–H and O–H groups in total. The molecule has 0 spiro atoms.